The number of aromatic amines is 1. The Bertz CT molecular complexity index is 4120. The summed E-state index contributed by atoms with van der Waals surface area (Å²) in [4.78, 5) is 128. The zero-order valence-corrected chi connectivity index (χ0v) is 67.3. The van der Waals surface area contributed by atoms with Gasteiger partial charge in [0.05, 0.1) is 125 Å². The van der Waals surface area contributed by atoms with Crippen LogP contribution in [0.15, 0.2) is 90.4 Å². The highest BCUT2D eigenvalue weighted by Crippen LogP contribution is 2.60. The van der Waals surface area contributed by atoms with Crippen LogP contribution in [0.25, 0.3) is 11.2 Å². The molecule has 0 unspecified atom stereocenters. The SMILES string of the molecule is COCCOCCOCCOCCOCCOCCOCCOCCN(Cc1ccccc1C(=O)Nc1nc2c(ncn2[C@@H]2O[C@@H]3CO[P@@](=O)(S)O[C@H]4C[C@H](Oc5ccncn5)C[C@@H]4CCO[P@@](=O)(S)O[C@@H]2[C@@H]3O)c(=O)[nH]1)C(=O)OCc1ccc(NC(=O)[C@H](C)NC(=O)[C@@H](NC(=O)CCCCCN2C(=O)C=CC2=O)C(C)C)cc1. The van der Waals surface area contributed by atoms with Crippen molar-refractivity contribution in [2.24, 2.45) is 11.8 Å². The van der Waals surface area contributed by atoms with Gasteiger partial charge < -0.3 is 82.6 Å². The van der Waals surface area contributed by atoms with E-state index < -0.39 is 98.4 Å². The van der Waals surface area contributed by atoms with Gasteiger partial charge >= 0.3 is 19.7 Å². The van der Waals surface area contributed by atoms with Gasteiger partial charge in [0, 0.05) is 75.3 Å². The van der Waals surface area contributed by atoms with Crippen LogP contribution in [-0.4, -0.2) is 261 Å². The van der Waals surface area contributed by atoms with Gasteiger partial charge in [0.25, 0.3) is 23.3 Å². The number of anilines is 2. The molecule has 2 aromatic carbocycles. The predicted octanol–water partition coefficient (Wildman–Crippen LogP) is 5.53. The van der Waals surface area contributed by atoms with E-state index in [2.05, 4.69) is 70.7 Å². The number of carbonyl (C=O) groups is 7. The molecule has 2 saturated heterocycles. The number of rotatable bonds is 45. The van der Waals surface area contributed by atoms with Crippen LogP contribution in [0, 0.1) is 11.8 Å². The number of benzene rings is 2. The lowest BCUT2D eigenvalue weighted by Crippen LogP contribution is -2.53. The first kappa shape index (κ1) is 90.2. The third kappa shape index (κ3) is 28.9. The average Bonchev–Trinajstić information content (AvgIpc) is 1.60. The highest BCUT2D eigenvalue weighted by atomic mass is 32.7. The number of H-pyrrole nitrogens is 1. The molecule has 3 aliphatic heterocycles. The zero-order chi connectivity index (χ0) is 81.4. The summed E-state index contributed by atoms with van der Waals surface area (Å²) >= 11 is 8.53. The molecular formula is C72H100N12O26P2S2. The van der Waals surface area contributed by atoms with Crippen molar-refractivity contribution in [3.63, 3.8) is 0 Å². The number of nitrogens with zero attached hydrogens (tertiary/aromatic N) is 7. The molecule has 4 aliphatic rings. The number of nitrogens with one attached hydrogen (secondary N) is 5. The van der Waals surface area contributed by atoms with Gasteiger partial charge in [0.1, 0.15) is 49.4 Å². The molecule has 0 radical (unpaired) electrons. The van der Waals surface area contributed by atoms with Crippen molar-refractivity contribution >= 4 is 102 Å². The standard InChI is InChI=1S/C72H100N12O26P2S2/c1-47(2)61(78-57(85)12-6-5-9-22-83-59(86)17-18-60(83)87)68(91)76-48(3)66(89)77-52-15-13-49(14-16-52)43-104-72(93)82(23-25-97-28-29-99-32-33-101-36-37-103-39-38-102-35-34-100-31-30-98-27-26-96-4)42-51-10-7-8-11-54(51)67(90)80-71-79-65-62(69(92)81-71)75-46-84(65)70-64-63(88)56(108-70)44-106-112(95,114)109-55-41-53(107-58-19-21-73-45-74-58)40-50(55)20-24-105-111(94,113)110-64/h7-8,10-11,13-19,21,45-48,50,53,55-56,61,63-64,70,88H,5-6,9,12,20,22-44H2,1-4H3,(H,76,91)(H,77,89)(H,78,85)(H,94,113)(H,95,114)(H2,79,80,81,90,92)/t48-,50-,53+,55-,56+,61-,63+,64+,70+,111+,112+/m0/s1. The Morgan fingerprint density at radius 1 is 0.728 bits per heavy atom. The third-order valence-corrected chi connectivity index (χ3v) is 21.5. The average molecular weight is 1680 g/mol. The van der Waals surface area contributed by atoms with E-state index in [0.29, 0.717) is 121 Å². The van der Waals surface area contributed by atoms with E-state index in [0.717, 1.165) is 11.2 Å². The number of amides is 7. The van der Waals surface area contributed by atoms with Crippen LogP contribution in [0.4, 0.5) is 16.4 Å². The molecule has 6 heterocycles. The number of imide groups is 1. The number of fused-ring (bicyclic) bond motifs is 4. The van der Waals surface area contributed by atoms with Crippen molar-refractivity contribution in [3.8, 4) is 5.88 Å². The largest absolute Gasteiger partial charge is 0.474 e. The Labute approximate surface area is 668 Å². The fourth-order valence-corrected chi connectivity index (χ4v) is 15.3. The third-order valence-electron chi connectivity index (χ3n) is 18.2. The maximum atomic E-state index is 14.5. The number of aliphatic hydroxyl groups is 1. The van der Waals surface area contributed by atoms with Gasteiger partial charge in [-0.1, -0.05) is 75.1 Å². The van der Waals surface area contributed by atoms with E-state index in [1.54, 1.807) is 69.5 Å². The van der Waals surface area contributed by atoms with Gasteiger partial charge in [-0.05, 0) is 73.8 Å². The first-order chi connectivity index (χ1) is 54.9. The summed E-state index contributed by atoms with van der Waals surface area (Å²) in [6, 6.07) is 12.3. The summed E-state index contributed by atoms with van der Waals surface area (Å²) in [6.45, 7) is 0.588. The predicted molar refractivity (Wildman–Crippen MR) is 413 cm³/mol. The second kappa shape index (κ2) is 46.3. The fraction of sp³-hybridized carbons (Fsp3) is 0.583. The molecule has 114 heavy (non-hydrogen) atoms. The molecule has 0 spiro atoms. The van der Waals surface area contributed by atoms with Gasteiger partial charge in [0.15, 0.2) is 17.4 Å². The minimum Gasteiger partial charge on any atom is -0.474 e. The number of imidazole rings is 1. The Kier molecular flexibility index (Phi) is 36.6. The summed E-state index contributed by atoms with van der Waals surface area (Å²) in [5.74, 6) is -3.78. The van der Waals surface area contributed by atoms with Crippen LogP contribution in [0.1, 0.15) is 93.4 Å². The molecule has 11 atom stereocenters. The number of hydrogen-bond donors (Lipinski definition) is 8. The fourth-order valence-electron chi connectivity index (χ4n) is 12.3. The minimum absolute atomic E-state index is 0.00999. The van der Waals surface area contributed by atoms with E-state index in [-0.39, 0.29) is 131 Å². The van der Waals surface area contributed by atoms with Gasteiger partial charge in [-0.25, -0.2) is 28.9 Å². The highest BCUT2D eigenvalue weighted by Gasteiger charge is 2.51. The van der Waals surface area contributed by atoms with Gasteiger partial charge in [-0.2, -0.15) is 4.98 Å². The van der Waals surface area contributed by atoms with Crippen molar-refractivity contribution < 1.29 is 118 Å². The lowest BCUT2D eigenvalue weighted by Gasteiger charge is -2.26. The molecule has 42 heteroatoms. The minimum atomic E-state index is -4.36. The Balaban J connectivity index is 0.792. The van der Waals surface area contributed by atoms with Crippen molar-refractivity contribution in [1.82, 2.24) is 49.9 Å². The van der Waals surface area contributed by atoms with Crippen molar-refractivity contribution in [1.29, 1.82) is 0 Å². The van der Waals surface area contributed by atoms with Gasteiger partial charge in [-0.3, -0.25) is 66.9 Å². The Morgan fingerprint density at radius 3 is 2.01 bits per heavy atom. The maximum Gasteiger partial charge on any atom is 0.410 e. The number of methoxy groups -OCH3 is 1. The summed E-state index contributed by atoms with van der Waals surface area (Å²) in [7, 11) is 1.61. The van der Waals surface area contributed by atoms with Crippen molar-refractivity contribution in [2.75, 3.05) is 143 Å². The van der Waals surface area contributed by atoms with E-state index in [9.17, 15) is 52.6 Å². The van der Waals surface area contributed by atoms with Crippen LogP contribution in [0.2, 0.25) is 0 Å². The maximum absolute atomic E-state index is 14.5. The van der Waals surface area contributed by atoms with Crippen LogP contribution >= 0.6 is 38.1 Å². The van der Waals surface area contributed by atoms with E-state index in [4.69, 9.17) is 70.2 Å². The molecule has 7 amide bonds. The second-order valence-electron chi connectivity index (χ2n) is 26.9. The lowest BCUT2D eigenvalue weighted by atomic mass is 10.0. The molecular weight excluding hydrogens is 1570 g/mol. The number of ether oxygens (including phenoxy) is 11. The molecule has 3 fully saturated rings. The summed E-state index contributed by atoms with van der Waals surface area (Å²) in [5.41, 5.74) is -0.0538. The first-order valence-electron chi connectivity index (χ1n) is 37.4. The van der Waals surface area contributed by atoms with E-state index in [1.165, 1.54) is 47.1 Å². The molecule has 2 bridgehead atoms. The zero-order valence-electron chi connectivity index (χ0n) is 63.7. The normalized spacial score (nSPS) is 22.3. The van der Waals surface area contributed by atoms with Gasteiger partial charge in [0.2, 0.25) is 29.5 Å². The molecule has 38 nitrogen and oxygen atoms in total. The number of aromatic nitrogens is 6. The smallest absolute Gasteiger partial charge is 0.410 e. The molecule has 626 valence electrons. The lowest BCUT2D eigenvalue weighted by molar-refractivity contribution is -0.137. The molecule has 3 aromatic heterocycles. The number of carbonyl (C=O) groups excluding carboxylic acids is 7. The van der Waals surface area contributed by atoms with Crippen molar-refractivity contribution in [2.45, 2.75) is 128 Å². The number of hydrogen-bond acceptors (Lipinski definition) is 30. The summed E-state index contributed by atoms with van der Waals surface area (Å²) in [6.07, 6.45) is 0.802. The van der Waals surface area contributed by atoms with E-state index in [1.807, 2.05) is 0 Å². The summed E-state index contributed by atoms with van der Waals surface area (Å²) in [5, 5.41) is 22.6. The highest BCUT2D eigenvalue weighted by molar-refractivity contribution is 8.44. The molecule has 6 N–H and O–H groups in total. The number of unbranched alkanes of at least 4 members (excludes halogenated alkanes) is 2. The molecule has 1 saturated carbocycles. The quantitative estimate of drug-likeness (QED) is 0.0103. The molecule has 5 aromatic rings. The van der Waals surface area contributed by atoms with Crippen LogP contribution in [0.5, 0.6) is 5.88 Å². The molecule has 1 aliphatic carbocycles. The number of aliphatic hydroxyl groups excluding tert-OH is 1. The topological polar surface area (TPSA) is 456 Å². The Hall–Kier alpha value is -7.70. The molecule has 9 rings (SSSR count). The number of thiol groups is 2. The van der Waals surface area contributed by atoms with Crippen LogP contribution in [-0.2, 0) is 112 Å². The van der Waals surface area contributed by atoms with Crippen LogP contribution in [0.3, 0.4) is 0 Å². The second-order valence-corrected chi connectivity index (χ2v) is 32.7. The summed E-state index contributed by atoms with van der Waals surface area (Å²) < 4.78 is 115. The first-order valence-corrected chi connectivity index (χ1v) is 42.8. The van der Waals surface area contributed by atoms with Crippen molar-refractivity contribution in [3.05, 3.63) is 113 Å². The Morgan fingerprint density at radius 2 is 1.37 bits per heavy atom. The van der Waals surface area contributed by atoms with E-state index >= 15 is 0 Å². The monoisotopic (exact) mass is 1670 g/mol. The van der Waals surface area contributed by atoms with Gasteiger partial charge in [-0.15, -0.1) is 0 Å². The van der Waals surface area contributed by atoms with Crippen LogP contribution < -0.4 is 31.6 Å².